The molecule has 1 aliphatic rings. The Morgan fingerprint density at radius 1 is 1.14 bits per heavy atom. The summed E-state index contributed by atoms with van der Waals surface area (Å²) in [5.41, 5.74) is 8.89. The van der Waals surface area contributed by atoms with Gasteiger partial charge in [0.1, 0.15) is 6.04 Å². The number of nitrogens with zero attached hydrogens (tertiary/aromatic N) is 1. The second kappa shape index (κ2) is 9.37. The van der Waals surface area contributed by atoms with Crippen LogP contribution in [0.5, 0.6) is 0 Å². The number of benzene rings is 2. The standard InChI is InChI=1S/C22H28N4O2/c1-16-9-11-19(12-10-16)25-22(28)24-14-17-6-5-13-26(15-17)21(27)20(23)18-7-3-2-4-8-18/h2-4,7-12,17,20H,5-6,13-15,23H2,1H3,(H2,24,25,28). The number of hydrogen-bond donors (Lipinski definition) is 3. The normalized spacial score (nSPS) is 17.6. The SMILES string of the molecule is Cc1ccc(NC(=O)NCC2CCCN(C(=O)C(N)c3ccccc3)C2)cc1. The number of likely N-dealkylation sites (tertiary alicyclic amines) is 1. The molecular weight excluding hydrogens is 352 g/mol. The van der Waals surface area contributed by atoms with Crippen molar-refractivity contribution in [2.45, 2.75) is 25.8 Å². The summed E-state index contributed by atoms with van der Waals surface area (Å²) in [6.45, 7) is 3.86. The Kier molecular flexibility index (Phi) is 6.66. The first-order valence-electron chi connectivity index (χ1n) is 9.74. The summed E-state index contributed by atoms with van der Waals surface area (Å²) in [4.78, 5) is 26.7. The van der Waals surface area contributed by atoms with Crippen LogP contribution in [0.15, 0.2) is 54.6 Å². The van der Waals surface area contributed by atoms with Crippen LogP contribution in [0.4, 0.5) is 10.5 Å². The number of nitrogens with two attached hydrogens (primary N) is 1. The molecule has 2 aromatic carbocycles. The minimum Gasteiger partial charge on any atom is -0.341 e. The van der Waals surface area contributed by atoms with Crippen molar-refractivity contribution in [3.63, 3.8) is 0 Å². The monoisotopic (exact) mass is 380 g/mol. The van der Waals surface area contributed by atoms with E-state index in [1.807, 2.05) is 66.4 Å². The first-order valence-corrected chi connectivity index (χ1v) is 9.74. The second-order valence-electron chi connectivity index (χ2n) is 7.38. The zero-order chi connectivity index (χ0) is 19.9. The molecule has 0 saturated carbocycles. The van der Waals surface area contributed by atoms with Gasteiger partial charge in [-0.2, -0.15) is 0 Å². The highest BCUT2D eigenvalue weighted by atomic mass is 16.2. The molecule has 3 amide bonds. The van der Waals surface area contributed by atoms with Gasteiger partial charge in [-0.1, -0.05) is 48.0 Å². The van der Waals surface area contributed by atoms with Gasteiger partial charge in [-0.15, -0.1) is 0 Å². The minimum absolute atomic E-state index is 0.0555. The molecule has 1 fully saturated rings. The van der Waals surface area contributed by atoms with Crippen molar-refractivity contribution in [2.24, 2.45) is 11.7 Å². The van der Waals surface area contributed by atoms with Crippen LogP contribution >= 0.6 is 0 Å². The zero-order valence-electron chi connectivity index (χ0n) is 16.2. The molecule has 28 heavy (non-hydrogen) atoms. The van der Waals surface area contributed by atoms with Crippen molar-refractivity contribution in [1.29, 1.82) is 0 Å². The van der Waals surface area contributed by atoms with Crippen molar-refractivity contribution in [3.05, 3.63) is 65.7 Å². The lowest BCUT2D eigenvalue weighted by molar-refractivity contribution is -0.134. The average Bonchev–Trinajstić information content (AvgIpc) is 2.74. The number of rotatable bonds is 5. The summed E-state index contributed by atoms with van der Waals surface area (Å²) in [6.07, 6.45) is 1.90. The third-order valence-electron chi connectivity index (χ3n) is 5.12. The predicted molar refractivity (Wildman–Crippen MR) is 111 cm³/mol. The third-order valence-corrected chi connectivity index (χ3v) is 5.12. The minimum atomic E-state index is -0.641. The molecular formula is C22H28N4O2. The van der Waals surface area contributed by atoms with Crippen molar-refractivity contribution in [1.82, 2.24) is 10.2 Å². The maximum Gasteiger partial charge on any atom is 0.319 e. The molecule has 2 atom stereocenters. The van der Waals surface area contributed by atoms with Gasteiger partial charge in [-0.25, -0.2) is 4.79 Å². The first-order chi connectivity index (χ1) is 13.5. The fourth-order valence-corrected chi connectivity index (χ4v) is 3.48. The van der Waals surface area contributed by atoms with E-state index in [4.69, 9.17) is 5.73 Å². The molecule has 0 aliphatic carbocycles. The zero-order valence-corrected chi connectivity index (χ0v) is 16.2. The molecule has 2 aromatic rings. The first kappa shape index (κ1) is 19.9. The van der Waals surface area contributed by atoms with Crippen molar-refractivity contribution >= 4 is 17.6 Å². The largest absolute Gasteiger partial charge is 0.341 e. The van der Waals surface area contributed by atoms with Gasteiger partial charge >= 0.3 is 6.03 Å². The van der Waals surface area contributed by atoms with E-state index in [0.717, 1.165) is 29.7 Å². The molecule has 1 saturated heterocycles. The molecule has 3 rings (SSSR count). The van der Waals surface area contributed by atoms with Gasteiger partial charge in [-0.3, -0.25) is 4.79 Å². The fraction of sp³-hybridized carbons (Fsp3) is 0.364. The lowest BCUT2D eigenvalue weighted by Crippen LogP contribution is -2.47. The fourth-order valence-electron chi connectivity index (χ4n) is 3.48. The lowest BCUT2D eigenvalue weighted by atomic mass is 9.96. The number of aryl methyl sites for hydroxylation is 1. The summed E-state index contributed by atoms with van der Waals surface area (Å²) in [6, 6.07) is 16.2. The molecule has 1 heterocycles. The van der Waals surface area contributed by atoms with E-state index in [2.05, 4.69) is 10.6 Å². The number of carbonyl (C=O) groups excluding carboxylic acids is 2. The Balaban J connectivity index is 1.48. The highest BCUT2D eigenvalue weighted by Gasteiger charge is 2.28. The van der Waals surface area contributed by atoms with Gasteiger partial charge in [0.15, 0.2) is 0 Å². The van der Waals surface area contributed by atoms with Crippen LogP contribution in [0.3, 0.4) is 0 Å². The summed E-state index contributed by atoms with van der Waals surface area (Å²) in [7, 11) is 0. The quantitative estimate of drug-likeness (QED) is 0.745. The number of hydrogen-bond acceptors (Lipinski definition) is 3. The maximum atomic E-state index is 12.8. The molecule has 148 valence electrons. The van der Waals surface area contributed by atoms with Crippen molar-refractivity contribution in [3.8, 4) is 0 Å². The van der Waals surface area contributed by atoms with E-state index in [9.17, 15) is 9.59 Å². The lowest BCUT2D eigenvalue weighted by Gasteiger charge is -2.34. The van der Waals surface area contributed by atoms with Crippen LogP contribution < -0.4 is 16.4 Å². The predicted octanol–water partition coefficient (Wildman–Crippen LogP) is 3.06. The molecule has 0 spiro atoms. The summed E-state index contributed by atoms with van der Waals surface area (Å²) in [5.74, 6) is 0.171. The Bertz CT molecular complexity index is 792. The Labute approximate surface area is 166 Å². The second-order valence-corrected chi connectivity index (χ2v) is 7.38. The highest BCUT2D eigenvalue weighted by Crippen LogP contribution is 2.20. The molecule has 0 aromatic heterocycles. The number of carbonyl (C=O) groups is 2. The van der Waals surface area contributed by atoms with Crippen LogP contribution in [0, 0.1) is 12.8 Å². The van der Waals surface area contributed by atoms with Gasteiger partial charge in [0.25, 0.3) is 0 Å². The Hall–Kier alpha value is -2.86. The number of anilines is 1. The highest BCUT2D eigenvalue weighted by molar-refractivity contribution is 5.89. The third kappa shape index (κ3) is 5.33. The topological polar surface area (TPSA) is 87.5 Å². The molecule has 4 N–H and O–H groups in total. The van der Waals surface area contributed by atoms with Crippen LogP contribution in [0.2, 0.25) is 0 Å². The van der Waals surface area contributed by atoms with E-state index in [1.165, 1.54) is 0 Å². The molecule has 2 unspecified atom stereocenters. The van der Waals surface area contributed by atoms with Crippen LogP contribution in [0.25, 0.3) is 0 Å². The van der Waals surface area contributed by atoms with E-state index >= 15 is 0 Å². The van der Waals surface area contributed by atoms with Crippen LogP contribution in [-0.2, 0) is 4.79 Å². The van der Waals surface area contributed by atoms with E-state index in [0.29, 0.717) is 19.6 Å². The van der Waals surface area contributed by atoms with Crippen LogP contribution in [0.1, 0.15) is 30.0 Å². The molecule has 1 aliphatic heterocycles. The van der Waals surface area contributed by atoms with Crippen LogP contribution in [-0.4, -0.2) is 36.5 Å². The molecule has 0 bridgehead atoms. The summed E-state index contributed by atoms with van der Waals surface area (Å²) < 4.78 is 0. The number of urea groups is 1. The van der Waals surface area contributed by atoms with E-state index < -0.39 is 6.04 Å². The summed E-state index contributed by atoms with van der Waals surface area (Å²) >= 11 is 0. The van der Waals surface area contributed by atoms with Gasteiger partial charge in [-0.05, 0) is 43.4 Å². The van der Waals surface area contributed by atoms with Crippen molar-refractivity contribution in [2.75, 3.05) is 25.0 Å². The van der Waals surface area contributed by atoms with Gasteiger partial charge in [0, 0.05) is 25.3 Å². The van der Waals surface area contributed by atoms with Gasteiger partial charge in [0.2, 0.25) is 5.91 Å². The van der Waals surface area contributed by atoms with E-state index in [1.54, 1.807) is 0 Å². The van der Waals surface area contributed by atoms with Gasteiger partial charge in [0.05, 0.1) is 0 Å². The van der Waals surface area contributed by atoms with E-state index in [-0.39, 0.29) is 17.9 Å². The number of amides is 3. The average molecular weight is 380 g/mol. The maximum absolute atomic E-state index is 12.8. The molecule has 6 nitrogen and oxygen atoms in total. The molecule has 6 heteroatoms. The van der Waals surface area contributed by atoms with Gasteiger partial charge < -0.3 is 21.3 Å². The number of nitrogens with one attached hydrogen (secondary N) is 2. The van der Waals surface area contributed by atoms with Crippen molar-refractivity contribution < 1.29 is 9.59 Å². The smallest absolute Gasteiger partial charge is 0.319 e. The Morgan fingerprint density at radius 2 is 1.86 bits per heavy atom. The molecule has 0 radical (unpaired) electrons. The number of piperidine rings is 1. The summed E-state index contributed by atoms with van der Waals surface area (Å²) in [5, 5.41) is 5.75. The Morgan fingerprint density at radius 3 is 2.57 bits per heavy atom.